The summed E-state index contributed by atoms with van der Waals surface area (Å²) < 4.78 is 2.41. The number of fused-ring (bicyclic) bond motifs is 8. The highest BCUT2D eigenvalue weighted by atomic mass is 15.0. The number of aromatic nitrogens is 4. The van der Waals surface area contributed by atoms with E-state index in [1.165, 1.54) is 54.8 Å². The van der Waals surface area contributed by atoms with Gasteiger partial charge in [0.1, 0.15) is 0 Å². The van der Waals surface area contributed by atoms with E-state index in [0.29, 0.717) is 17.5 Å². The van der Waals surface area contributed by atoms with Crippen LogP contribution < -0.4 is 0 Å². The topological polar surface area (TPSA) is 43.6 Å². The van der Waals surface area contributed by atoms with Crippen molar-refractivity contribution in [2.45, 2.75) is 19.3 Å². The van der Waals surface area contributed by atoms with Gasteiger partial charge in [0, 0.05) is 38.6 Å². The maximum absolute atomic E-state index is 5.03. The van der Waals surface area contributed by atoms with Gasteiger partial charge in [0.25, 0.3) is 0 Å². The molecule has 4 nitrogen and oxygen atoms in total. The molecule has 0 amide bonds. The van der Waals surface area contributed by atoms with Crippen LogP contribution in [0.15, 0.2) is 158 Å². The molecular formula is C46H32N4. The van der Waals surface area contributed by atoms with Gasteiger partial charge in [-0.15, -0.1) is 0 Å². The Morgan fingerprint density at radius 3 is 1.76 bits per heavy atom. The van der Waals surface area contributed by atoms with E-state index in [1.54, 1.807) is 0 Å². The van der Waals surface area contributed by atoms with Crippen LogP contribution in [-0.4, -0.2) is 19.5 Å². The van der Waals surface area contributed by atoms with Gasteiger partial charge in [-0.05, 0) is 63.4 Å². The summed E-state index contributed by atoms with van der Waals surface area (Å²) in [4.78, 5) is 15.0. The fraction of sp³-hybridized carbons (Fsp3) is 0.0652. The van der Waals surface area contributed by atoms with Crippen LogP contribution in [0.1, 0.15) is 25.0 Å². The van der Waals surface area contributed by atoms with Gasteiger partial charge in [0.05, 0.1) is 11.0 Å². The molecule has 4 heteroatoms. The first-order chi connectivity index (χ1) is 24.5. The van der Waals surface area contributed by atoms with Crippen LogP contribution in [0, 0.1) is 0 Å². The van der Waals surface area contributed by atoms with E-state index >= 15 is 0 Å². The zero-order chi connectivity index (χ0) is 33.4. The smallest absolute Gasteiger partial charge is 0.164 e. The molecule has 236 valence electrons. The molecule has 0 spiro atoms. The van der Waals surface area contributed by atoms with Crippen molar-refractivity contribution >= 4 is 32.6 Å². The Balaban J connectivity index is 1.19. The second kappa shape index (κ2) is 10.8. The van der Waals surface area contributed by atoms with E-state index in [1.807, 2.05) is 60.7 Å². The van der Waals surface area contributed by atoms with E-state index in [9.17, 15) is 0 Å². The highest BCUT2D eigenvalue weighted by Gasteiger charge is 2.37. The molecule has 0 saturated heterocycles. The lowest BCUT2D eigenvalue weighted by Crippen LogP contribution is -2.15. The SMILES string of the molecule is CC1(C)c2cc3c(cc2-c2c1ccc1ccccc21)c1ccccc1n3-c1cccc(-c2nc(-c3ccccc3)nc(-c3ccccc3)n2)c1. The normalized spacial score (nSPS) is 13.2. The van der Waals surface area contributed by atoms with Crippen molar-refractivity contribution in [3.63, 3.8) is 0 Å². The predicted molar refractivity (Wildman–Crippen MR) is 206 cm³/mol. The molecule has 0 radical (unpaired) electrons. The summed E-state index contributed by atoms with van der Waals surface area (Å²) in [5.74, 6) is 1.95. The fourth-order valence-electron chi connectivity index (χ4n) is 7.97. The Kier molecular flexibility index (Phi) is 6.19. The summed E-state index contributed by atoms with van der Waals surface area (Å²) in [6.07, 6.45) is 0. The standard InChI is InChI=1S/C46H32N4/c1-46(2)38-25-24-29-14-9-10-21-34(29)42(38)37-27-36-35-22-11-12-23-40(35)50(41(36)28-39(37)46)33-20-13-19-32(26-33)45-48-43(30-15-5-3-6-16-30)47-44(49-45)31-17-7-4-8-18-31/h3-28H,1-2H3. The van der Waals surface area contributed by atoms with Gasteiger partial charge in [0.15, 0.2) is 17.5 Å². The van der Waals surface area contributed by atoms with E-state index in [4.69, 9.17) is 15.0 Å². The Labute approximate surface area is 290 Å². The molecular weight excluding hydrogens is 609 g/mol. The van der Waals surface area contributed by atoms with Gasteiger partial charge < -0.3 is 4.57 Å². The van der Waals surface area contributed by atoms with Gasteiger partial charge in [-0.25, -0.2) is 15.0 Å². The van der Waals surface area contributed by atoms with Crippen molar-refractivity contribution < 1.29 is 0 Å². The summed E-state index contributed by atoms with van der Waals surface area (Å²) >= 11 is 0. The van der Waals surface area contributed by atoms with Crippen LogP contribution >= 0.6 is 0 Å². The maximum atomic E-state index is 5.03. The monoisotopic (exact) mass is 640 g/mol. The van der Waals surface area contributed by atoms with Crippen LogP contribution in [0.3, 0.4) is 0 Å². The molecule has 1 aliphatic rings. The zero-order valence-corrected chi connectivity index (χ0v) is 27.8. The number of para-hydroxylation sites is 1. The molecule has 7 aromatic carbocycles. The Morgan fingerprint density at radius 1 is 0.440 bits per heavy atom. The first-order valence-corrected chi connectivity index (χ1v) is 17.1. The minimum atomic E-state index is -0.140. The van der Waals surface area contributed by atoms with Crippen LogP contribution in [-0.2, 0) is 5.41 Å². The lowest BCUT2D eigenvalue weighted by molar-refractivity contribution is 0.661. The fourth-order valence-corrected chi connectivity index (χ4v) is 7.97. The number of hydrogen-bond donors (Lipinski definition) is 0. The summed E-state index contributed by atoms with van der Waals surface area (Å²) in [6.45, 7) is 4.72. The third-order valence-electron chi connectivity index (χ3n) is 10.4. The molecule has 50 heavy (non-hydrogen) atoms. The van der Waals surface area contributed by atoms with Gasteiger partial charge in [-0.2, -0.15) is 0 Å². The second-order valence-electron chi connectivity index (χ2n) is 13.7. The molecule has 0 N–H and O–H groups in total. The Hall–Kier alpha value is -6.39. The van der Waals surface area contributed by atoms with Crippen LogP contribution in [0.4, 0.5) is 0 Å². The molecule has 9 aromatic rings. The van der Waals surface area contributed by atoms with Crippen molar-refractivity contribution in [3.05, 3.63) is 169 Å². The number of nitrogens with zero attached hydrogens (tertiary/aromatic N) is 4. The average Bonchev–Trinajstić information content (AvgIpc) is 3.62. The van der Waals surface area contributed by atoms with Gasteiger partial charge >= 0.3 is 0 Å². The molecule has 1 aliphatic carbocycles. The lowest BCUT2D eigenvalue weighted by Gasteiger charge is -2.22. The number of benzene rings is 7. The quantitative estimate of drug-likeness (QED) is 0.192. The number of rotatable bonds is 4. The maximum Gasteiger partial charge on any atom is 0.164 e. The molecule has 0 aliphatic heterocycles. The summed E-state index contributed by atoms with van der Waals surface area (Å²) in [5, 5.41) is 5.08. The minimum absolute atomic E-state index is 0.140. The molecule has 0 unspecified atom stereocenters. The molecule has 0 atom stereocenters. The lowest BCUT2D eigenvalue weighted by atomic mass is 9.82. The van der Waals surface area contributed by atoms with Crippen molar-refractivity contribution in [2.75, 3.05) is 0 Å². The molecule has 0 bridgehead atoms. The molecule has 10 rings (SSSR count). The van der Waals surface area contributed by atoms with Gasteiger partial charge in [-0.1, -0.05) is 141 Å². The van der Waals surface area contributed by atoms with Gasteiger partial charge in [0.2, 0.25) is 0 Å². The predicted octanol–water partition coefficient (Wildman–Crippen LogP) is 11.4. The molecule has 2 heterocycles. The average molecular weight is 641 g/mol. The molecule has 0 fully saturated rings. The zero-order valence-electron chi connectivity index (χ0n) is 27.8. The number of hydrogen-bond acceptors (Lipinski definition) is 3. The van der Waals surface area contributed by atoms with Crippen LogP contribution in [0.25, 0.3) is 83.6 Å². The first-order valence-electron chi connectivity index (χ1n) is 17.1. The third-order valence-corrected chi connectivity index (χ3v) is 10.4. The molecule has 2 aromatic heterocycles. The highest BCUT2D eigenvalue weighted by Crippen LogP contribution is 2.53. The highest BCUT2D eigenvalue weighted by molar-refractivity contribution is 6.13. The first kappa shape index (κ1) is 28.6. The van der Waals surface area contributed by atoms with Crippen LogP contribution in [0.5, 0.6) is 0 Å². The molecule has 0 saturated carbocycles. The second-order valence-corrected chi connectivity index (χ2v) is 13.7. The van der Waals surface area contributed by atoms with Gasteiger partial charge in [-0.3, -0.25) is 0 Å². The summed E-state index contributed by atoms with van der Waals surface area (Å²) in [5.41, 5.74) is 11.6. The summed E-state index contributed by atoms with van der Waals surface area (Å²) in [7, 11) is 0. The van der Waals surface area contributed by atoms with E-state index in [2.05, 4.69) is 115 Å². The summed E-state index contributed by atoms with van der Waals surface area (Å²) in [6, 6.07) is 55.9. The Morgan fingerprint density at radius 2 is 1.04 bits per heavy atom. The third kappa shape index (κ3) is 4.28. The Bertz CT molecular complexity index is 2720. The van der Waals surface area contributed by atoms with Crippen LogP contribution in [0.2, 0.25) is 0 Å². The van der Waals surface area contributed by atoms with Crippen molar-refractivity contribution in [3.8, 4) is 51.0 Å². The van der Waals surface area contributed by atoms with Crippen molar-refractivity contribution in [2.24, 2.45) is 0 Å². The van der Waals surface area contributed by atoms with Crippen molar-refractivity contribution in [1.29, 1.82) is 0 Å². The van der Waals surface area contributed by atoms with E-state index in [-0.39, 0.29) is 5.41 Å². The minimum Gasteiger partial charge on any atom is -0.309 e. The van der Waals surface area contributed by atoms with E-state index < -0.39 is 0 Å². The van der Waals surface area contributed by atoms with Crippen molar-refractivity contribution in [1.82, 2.24) is 19.5 Å². The van der Waals surface area contributed by atoms with E-state index in [0.717, 1.165) is 22.4 Å². The largest absolute Gasteiger partial charge is 0.309 e.